The van der Waals surface area contributed by atoms with Crippen LogP contribution in [0.2, 0.25) is 0 Å². The molecular formula is C7H2F3N2OS. The first-order valence-electron chi connectivity index (χ1n) is 3.48. The van der Waals surface area contributed by atoms with Gasteiger partial charge in [-0.05, 0) is 11.4 Å². The molecule has 0 saturated carbocycles. The molecule has 0 saturated heterocycles. The first-order valence-corrected chi connectivity index (χ1v) is 4.36. The fourth-order valence-electron chi connectivity index (χ4n) is 0.963. The first kappa shape index (κ1) is 9.20. The predicted molar refractivity (Wildman–Crippen MR) is 42.5 cm³/mol. The minimum atomic E-state index is -4.67. The van der Waals surface area contributed by atoms with Gasteiger partial charge in [0.25, 0.3) is 5.88 Å². The molecule has 2 aromatic heterocycles. The van der Waals surface area contributed by atoms with Gasteiger partial charge in [0.15, 0.2) is 0 Å². The van der Waals surface area contributed by atoms with E-state index in [1.54, 1.807) is 0 Å². The van der Waals surface area contributed by atoms with Crippen LogP contribution in [0.25, 0.3) is 10.2 Å². The Hall–Kier alpha value is -1.37. The van der Waals surface area contributed by atoms with Gasteiger partial charge in [0.05, 0.1) is 5.52 Å². The SMILES string of the molecule is [O]c1nc(C(F)(F)F)nc2ccsc12. The van der Waals surface area contributed by atoms with Crippen LogP contribution in [0.15, 0.2) is 11.4 Å². The quantitative estimate of drug-likeness (QED) is 0.683. The van der Waals surface area contributed by atoms with E-state index >= 15 is 0 Å². The average Bonchev–Trinajstić information content (AvgIpc) is 2.50. The van der Waals surface area contributed by atoms with Crippen LogP contribution >= 0.6 is 11.3 Å². The minimum absolute atomic E-state index is 0.0438. The summed E-state index contributed by atoms with van der Waals surface area (Å²) in [4.78, 5) is 6.11. The van der Waals surface area contributed by atoms with Crippen molar-refractivity contribution in [3.63, 3.8) is 0 Å². The Morgan fingerprint density at radius 1 is 1.29 bits per heavy atom. The Morgan fingerprint density at radius 3 is 2.64 bits per heavy atom. The van der Waals surface area contributed by atoms with E-state index in [2.05, 4.69) is 9.97 Å². The summed E-state index contributed by atoms with van der Waals surface area (Å²) in [6, 6.07) is 1.36. The van der Waals surface area contributed by atoms with Crippen LogP contribution in [0, 0.1) is 0 Å². The molecule has 0 N–H and O–H groups in total. The average molecular weight is 219 g/mol. The van der Waals surface area contributed by atoms with Gasteiger partial charge in [0, 0.05) is 0 Å². The molecule has 2 rings (SSSR count). The van der Waals surface area contributed by atoms with Crippen molar-refractivity contribution in [2.45, 2.75) is 6.18 Å². The van der Waals surface area contributed by atoms with Crippen LogP contribution in [0.3, 0.4) is 0 Å². The molecule has 0 bridgehead atoms. The molecule has 0 spiro atoms. The summed E-state index contributed by atoms with van der Waals surface area (Å²) >= 11 is 1.03. The van der Waals surface area contributed by atoms with E-state index in [4.69, 9.17) is 0 Å². The standard InChI is InChI=1S/C7H2F3N2OS/c8-7(9,10)6-11-3-1-2-14-4(3)5(13)12-6/h1-2H. The highest BCUT2D eigenvalue weighted by Crippen LogP contribution is 2.32. The lowest BCUT2D eigenvalue weighted by Crippen LogP contribution is -2.10. The lowest BCUT2D eigenvalue weighted by atomic mass is 10.4. The molecule has 1 radical (unpaired) electrons. The molecule has 0 fully saturated rings. The molecule has 2 aromatic rings. The maximum absolute atomic E-state index is 12.1. The van der Waals surface area contributed by atoms with E-state index in [0.717, 1.165) is 11.3 Å². The van der Waals surface area contributed by atoms with E-state index in [-0.39, 0.29) is 10.2 Å². The van der Waals surface area contributed by atoms with Crippen LogP contribution in [0.1, 0.15) is 5.82 Å². The fraction of sp³-hybridized carbons (Fsp3) is 0.143. The monoisotopic (exact) mass is 219 g/mol. The molecule has 0 unspecified atom stereocenters. The second-order valence-electron chi connectivity index (χ2n) is 2.49. The third-order valence-electron chi connectivity index (χ3n) is 1.53. The Balaban J connectivity index is 2.70. The molecule has 7 heteroatoms. The Kier molecular flexibility index (Phi) is 1.84. The molecule has 0 aliphatic rings. The van der Waals surface area contributed by atoms with Crippen molar-refractivity contribution >= 4 is 21.6 Å². The van der Waals surface area contributed by atoms with Crippen LogP contribution in [0.4, 0.5) is 13.2 Å². The number of nitrogens with zero attached hydrogens (tertiary/aromatic N) is 2. The van der Waals surface area contributed by atoms with Gasteiger partial charge >= 0.3 is 6.18 Å². The van der Waals surface area contributed by atoms with Crippen molar-refractivity contribution in [3.8, 4) is 5.88 Å². The summed E-state index contributed by atoms with van der Waals surface area (Å²) in [5, 5.41) is 12.6. The van der Waals surface area contributed by atoms with Crippen LogP contribution < -0.4 is 0 Å². The molecule has 3 nitrogen and oxygen atoms in total. The Morgan fingerprint density at radius 2 is 2.00 bits per heavy atom. The Bertz CT molecular complexity index is 479. The largest absolute Gasteiger partial charge is 0.451 e. The zero-order chi connectivity index (χ0) is 10.3. The normalized spacial score (nSPS) is 12.2. The van der Waals surface area contributed by atoms with Gasteiger partial charge in [-0.3, -0.25) is 5.11 Å². The van der Waals surface area contributed by atoms with Crippen LogP contribution in [-0.4, -0.2) is 9.97 Å². The molecular weight excluding hydrogens is 217 g/mol. The van der Waals surface area contributed by atoms with Crippen molar-refractivity contribution < 1.29 is 18.3 Å². The first-order chi connectivity index (χ1) is 6.48. The van der Waals surface area contributed by atoms with E-state index < -0.39 is 17.9 Å². The predicted octanol–water partition coefficient (Wildman–Crippen LogP) is 2.85. The topological polar surface area (TPSA) is 45.7 Å². The van der Waals surface area contributed by atoms with E-state index in [1.165, 1.54) is 11.4 Å². The lowest BCUT2D eigenvalue weighted by molar-refractivity contribution is -0.145. The smallest absolute Gasteiger partial charge is 0.266 e. The van der Waals surface area contributed by atoms with Crippen molar-refractivity contribution in [2.75, 3.05) is 0 Å². The fourth-order valence-corrected chi connectivity index (χ4v) is 1.68. The number of thiophene rings is 1. The van der Waals surface area contributed by atoms with E-state index in [9.17, 15) is 18.3 Å². The van der Waals surface area contributed by atoms with E-state index in [1.807, 2.05) is 0 Å². The number of hydrogen-bond acceptors (Lipinski definition) is 3. The number of aromatic nitrogens is 2. The van der Waals surface area contributed by atoms with E-state index in [0.29, 0.717) is 0 Å². The highest BCUT2D eigenvalue weighted by atomic mass is 32.1. The van der Waals surface area contributed by atoms with Gasteiger partial charge in [-0.25, -0.2) is 4.98 Å². The molecule has 0 aromatic carbocycles. The van der Waals surface area contributed by atoms with Crippen LogP contribution in [0.5, 0.6) is 5.88 Å². The summed E-state index contributed by atoms with van der Waals surface area (Å²) in [6.07, 6.45) is -4.67. The second-order valence-corrected chi connectivity index (χ2v) is 3.40. The van der Waals surface area contributed by atoms with Gasteiger partial charge in [0.1, 0.15) is 4.70 Å². The number of fused-ring (bicyclic) bond motifs is 1. The van der Waals surface area contributed by atoms with Crippen molar-refractivity contribution in [2.24, 2.45) is 0 Å². The maximum Gasteiger partial charge on any atom is 0.451 e. The molecule has 0 amide bonds. The van der Waals surface area contributed by atoms with Gasteiger partial charge in [0.2, 0.25) is 5.82 Å². The molecule has 0 aliphatic heterocycles. The molecule has 0 aliphatic carbocycles. The number of halogens is 3. The zero-order valence-corrected chi connectivity index (χ0v) is 7.32. The molecule has 2 heterocycles. The number of hydrogen-bond donors (Lipinski definition) is 0. The highest BCUT2D eigenvalue weighted by molar-refractivity contribution is 7.17. The number of rotatable bonds is 0. The summed E-state index contributed by atoms with van der Waals surface area (Å²) in [5.41, 5.74) is 0.0438. The number of alkyl halides is 3. The van der Waals surface area contributed by atoms with Crippen LogP contribution in [-0.2, 0) is 11.3 Å². The Labute approximate surface area is 79.8 Å². The summed E-state index contributed by atoms with van der Waals surface area (Å²) in [6.45, 7) is 0. The van der Waals surface area contributed by atoms with Crippen molar-refractivity contribution in [1.29, 1.82) is 0 Å². The van der Waals surface area contributed by atoms with Gasteiger partial charge in [-0.2, -0.15) is 18.2 Å². The third-order valence-corrected chi connectivity index (χ3v) is 2.42. The lowest BCUT2D eigenvalue weighted by Gasteiger charge is -2.03. The van der Waals surface area contributed by atoms with Gasteiger partial charge in [-0.15, -0.1) is 11.3 Å². The maximum atomic E-state index is 12.1. The molecule has 14 heavy (non-hydrogen) atoms. The summed E-state index contributed by atoms with van der Waals surface area (Å²) in [7, 11) is 0. The third kappa shape index (κ3) is 1.39. The molecule has 0 atom stereocenters. The van der Waals surface area contributed by atoms with Crippen molar-refractivity contribution in [3.05, 3.63) is 17.3 Å². The highest BCUT2D eigenvalue weighted by Gasteiger charge is 2.36. The summed E-state index contributed by atoms with van der Waals surface area (Å²) in [5.74, 6) is -2.26. The van der Waals surface area contributed by atoms with Crippen molar-refractivity contribution in [1.82, 2.24) is 9.97 Å². The minimum Gasteiger partial charge on any atom is -0.266 e. The van der Waals surface area contributed by atoms with Gasteiger partial charge in [-0.1, -0.05) is 0 Å². The van der Waals surface area contributed by atoms with Gasteiger partial charge < -0.3 is 0 Å². The summed E-state index contributed by atoms with van der Waals surface area (Å²) < 4.78 is 36.6. The second kappa shape index (κ2) is 2.81. The molecule has 73 valence electrons. The zero-order valence-electron chi connectivity index (χ0n) is 6.50.